The Morgan fingerprint density at radius 1 is 1.28 bits per heavy atom. The van der Waals surface area contributed by atoms with E-state index >= 15 is 0 Å². The van der Waals surface area contributed by atoms with Gasteiger partial charge in [-0.25, -0.2) is 18.3 Å². The molecule has 0 bridgehead atoms. The van der Waals surface area contributed by atoms with Gasteiger partial charge in [0.1, 0.15) is 12.4 Å². The van der Waals surface area contributed by atoms with Crippen LogP contribution in [-0.4, -0.2) is 42.0 Å². The number of alkyl halides is 1. The van der Waals surface area contributed by atoms with E-state index in [0.717, 1.165) is 9.36 Å². The summed E-state index contributed by atoms with van der Waals surface area (Å²) in [5.41, 5.74) is -1.43. The van der Waals surface area contributed by atoms with E-state index in [4.69, 9.17) is 4.74 Å². The summed E-state index contributed by atoms with van der Waals surface area (Å²) in [6, 6.07) is 5.77. The van der Waals surface area contributed by atoms with Gasteiger partial charge in [0, 0.05) is 25.5 Å². The van der Waals surface area contributed by atoms with Gasteiger partial charge in [0.2, 0.25) is 5.88 Å². The van der Waals surface area contributed by atoms with Crippen LogP contribution in [-0.2, 0) is 19.3 Å². The first-order valence-electron chi connectivity index (χ1n) is 8.72. The fraction of sp³-hybridized carbons (Fsp3) is 0.278. The molecule has 1 aliphatic heterocycles. The highest BCUT2D eigenvalue weighted by Gasteiger charge is 2.36. The van der Waals surface area contributed by atoms with Crippen LogP contribution in [0.25, 0.3) is 5.69 Å². The van der Waals surface area contributed by atoms with Crippen LogP contribution in [0.4, 0.5) is 8.78 Å². The Balaban J connectivity index is 1.59. The molecule has 1 aromatic carbocycles. The molecule has 2 unspecified atom stereocenters. The maximum absolute atomic E-state index is 14.4. The largest absolute Gasteiger partial charge is 0.472 e. The average molecular weight is 401 g/mol. The number of hydrogen-bond donors (Lipinski definition) is 0. The molecule has 0 saturated heterocycles. The van der Waals surface area contributed by atoms with Crippen LogP contribution in [0, 0.1) is 5.82 Å². The summed E-state index contributed by atoms with van der Waals surface area (Å²) in [4.78, 5) is 16.3. The predicted molar refractivity (Wildman–Crippen MR) is 99.3 cm³/mol. The maximum Gasteiger partial charge on any atom is 0.368 e. The van der Waals surface area contributed by atoms with Crippen molar-refractivity contribution in [3.05, 3.63) is 64.5 Å². The molecule has 2 aromatic heterocycles. The zero-order chi connectivity index (χ0) is 20.6. The van der Waals surface area contributed by atoms with Crippen LogP contribution in [0.2, 0.25) is 0 Å². The van der Waals surface area contributed by atoms with Gasteiger partial charge in [0.05, 0.1) is 11.3 Å². The highest BCUT2D eigenvalue weighted by Crippen LogP contribution is 2.29. The molecule has 11 heteroatoms. The summed E-state index contributed by atoms with van der Waals surface area (Å²) in [6.45, 7) is 1.38. The first-order valence-corrected chi connectivity index (χ1v) is 8.72. The van der Waals surface area contributed by atoms with Gasteiger partial charge in [-0.05, 0) is 41.6 Å². The minimum absolute atomic E-state index is 0.109. The maximum atomic E-state index is 14.4. The molecule has 0 radical (unpaired) electrons. The van der Waals surface area contributed by atoms with Crippen molar-refractivity contribution in [1.29, 1.82) is 0 Å². The van der Waals surface area contributed by atoms with Crippen molar-refractivity contribution in [2.45, 2.75) is 25.4 Å². The van der Waals surface area contributed by atoms with Crippen LogP contribution in [0.1, 0.15) is 12.5 Å². The molecule has 0 spiro atoms. The summed E-state index contributed by atoms with van der Waals surface area (Å²) in [6.07, 6.45) is 4.60. The van der Waals surface area contributed by atoms with Gasteiger partial charge in [-0.3, -0.25) is 4.99 Å². The highest BCUT2D eigenvalue weighted by molar-refractivity contribution is 5.72. The van der Waals surface area contributed by atoms with Gasteiger partial charge < -0.3 is 4.74 Å². The summed E-state index contributed by atoms with van der Waals surface area (Å²) >= 11 is 0. The number of aromatic nitrogens is 6. The Morgan fingerprint density at radius 2 is 2.10 bits per heavy atom. The lowest BCUT2D eigenvalue weighted by molar-refractivity contribution is 0.158. The topological polar surface area (TPSA) is 92.1 Å². The predicted octanol–water partition coefficient (Wildman–Crippen LogP) is 1.53. The average Bonchev–Trinajstić information content (AvgIpc) is 3.31. The quantitative estimate of drug-likeness (QED) is 0.647. The molecule has 0 fully saturated rings. The number of hydrogen-bond acceptors (Lipinski definition) is 6. The monoisotopic (exact) mass is 401 g/mol. The summed E-state index contributed by atoms with van der Waals surface area (Å²) < 4.78 is 37.7. The SMILES string of the molecule is Cn1nnn(-c2cccc(F)c2COc2ccn(C3(C)N=CC=CC3F)n2)c1=O. The fourth-order valence-electron chi connectivity index (χ4n) is 2.92. The van der Waals surface area contributed by atoms with E-state index < -0.39 is 23.3 Å². The number of allylic oxidation sites excluding steroid dienone is 1. The van der Waals surface area contributed by atoms with Crippen molar-refractivity contribution >= 4 is 6.21 Å². The molecule has 0 saturated carbocycles. The van der Waals surface area contributed by atoms with Crippen molar-refractivity contribution in [2.24, 2.45) is 12.0 Å². The van der Waals surface area contributed by atoms with E-state index in [9.17, 15) is 13.6 Å². The second kappa shape index (κ2) is 7.08. The van der Waals surface area contributed by atoms with Crippen LogP contribution in [0.15, 0.2) is 52.4 Å². The second-order valence-corrected chi connectivity index (χ2v) is 6.58. The molecular weight excluding hydrogens is 384 g/mol. The van der Waals surface area contributed by atoms with Gasteiger partial charge >= 0.3 is 5.69 Å². The smallest absolute Gasteiger partial charge is 0.368 e. The number of nitrogens with zero attached hydrogens (tertiary/aromatic N) is 7. The summed E-state index contributed by atoms with van der Waals surface area (Å²) in [5, 5.41) is 11.6. The number of aliphatic imine (C=N–C) groups is 1. The van der Waals surface area contributed by atoms with Crippen LogP contribution in [0.3, 0.4) is 0 Å². The zero-order valence-electron chi connectivity index (χ0n) is 15.6. The number of tetrazole rings is 1. The second-order valence-electron chi connectivity index (χ2n) is 6.58. The minimum Gasteiger partial charge on any atom is -0.472 e. The Bertz CT molecular complexity index is 1160. The third kappa shape index (κ3) is 3.24. The lowest BCUT2D eigenvalue weighted by atomic mass is 10.1. The first-order chi connectivity index (χ1) is 13.9. The Hall–Kier alpha value is -3.63. The van der Waals surface area contributed by atoms with Gasteiger partial charge in [-0.1, -0.05) is 6.07 Å². The number of rotatable bonds is 5. The van der Waals surface area contributed by atoms with E-state index in [1.165, 1.54) is 60.6 Å². The van der Waals surface area contributed by atoms with Crippen molar-refractivity contribution in [3.8, 4) is 11.6 Å². The minimum atomic E-state index is -1.36. The van der Waals surface area contributed by atoms with Crippen LogP contribution in [0.5, 0.6) is 5.88 Å². The molecule has 4 rings (SSSR count). The summed E-state index contributed by atoms with van der Waals surface area (Å²) in [5.74, 6) is -0.416. The Kier molecular flexibility index (Phi) is 4.57. The molecular formula is C18H17F2N7O2. The van der Waals surface area contributed by atoms with Gasteiger partial charge in [0.25, 0.3) is 0 Å². The fourth-order valence-corrected chi connectivity index (χ4v) is 2.92. The number of aryl methyl sites for hydroxylation is 1. The van der Waals surface area contributed by atoms with Crippen LogP contribution < -0.4 is 10.4 Å². The normalized spacial score (nSPS) is 20.9. The molecule has 0 amide bonds. The molecule has 29 heavy (non-hydrogen) atoms. The van der Waals surface area contributed by atoms with Crippen molar-refractivity contribution in [1.82, 2.24) is 29.6 Å². The Labute approximate surface area is 163 Å². The van der Waals surface area contributed by atoms with Crippen molar-refractivity contribution < 1.29 is 13.5 Å². The third-order valence-corrected chi connectivity index (χ3v) is 4.66. The molecule has 0 N–H and O–H groups in total. The third-order valence-electron chi connectivity index (χ3n) is 4.66. The zero-order valence-corrected chi connectivity index (χ0v) is 15.6. The van der Waals surface area contributed by atoms with Gasteiger partial charge in [-0.15, -0.1) is 5.10 Å². The van der Waals surface area contributed by atoms with Crippen LogP contribution >= 0.6 is 0 Å². The molecule has 3 heterocycles. The molecule has 1 aliphatic rings. The molecule has 2 atom stereocenters. The van der Waals surface area contributed by atoms with E-state index in [1.807, 2.05) is 0 Å². The number of benzene rings is 1. The molecule has 150 valence electrons. The van der Waals surface area contributed by atoms with E-state index in [-0.39, 0.29) is 23.7 Å². The van der Waals surface area contributed by atoms with E-state index in [0.29, 0.717) is 0 Å². The Morgan fingerprint density at radius 3 is 2.83 bits per heavy atom. The highest BCUT2D eigenvalue weighted by atomic mass is 19.1. The molecule has 9 nitrogen and oxygen atoms in total. The van der Waals surface area contributed by atoms with Crippen molar-refractivity contribution in [2.75, 3.05) is 0 Å². The standard InChI is InChI=1S/C18H17F2N7O2/c1-18(15(20)7-4-9-21-18)26-10-8-16(22-26)29-11-12-13(19)5-3-6-14(12)27-17(28)25(2)23-24-27/h3-10,15H,11H2,1-2H3. The lowest BCUT2D eigenvalue weighted by Gasteiger charge is -2.29. The summed E-state index contributed by atoms with van der Waals surface area (Å²) in [7, 11) is 1.44. The molecule has 3 aromatic rings. The number of ether oxygens (including phenoxy) is 1. The van der Waals surface area contributed by atoms with Gasteiger partial charge in [-0.2, -0.15) is 9.36 Å². The molecule has 0 aliphatic carbocycles. The number of halogens is 2. The van der Waals surface area contributed by atoms with E-state index in [1.54, 1.807) is 6.92 Å². The van der Waals surface area contributed by atoms with E-state index in [2.05, 4.69) is 20.5 Å². The van der Waals surface area contributed by atoms with Gasteiger partial charge in [0.15, 0.2) is 11.8 Å². The number of dihydropyridines is 1. The van der Waals surface area contributed by atoms with Crippen molar-refractivity contribution in [3.63, 3.8) is 0 Å². The lowest BCUT2D eigenvalue weighted by Crippen LogP contribution is -2.39. The first kappa shape index (κ1) is 18.7.